The molecule has 3 N–H and O–H groups in total. The third-order valence-corrected chi connectivity index (χ3v) is 7.50. The van der Waals surface area contributed by atoms with Crippen molar-refractivity contribution in [3.05, 3.63) is 112 Å². The smallest absolute Gasteiger partial charge is 0.203 e. The molecule has 1 saturated carbocycles. The second-order valence-corrected chi connectivity index (χ2v) is 9.53. The average Bonchev–Trinajstić information content (AvgIpc) is 3.54. The zero-order valence-corrected chi connectivity index (χ0v) is 19.3. The second kappa shape index (κ2) is 8.02. The lowest BCUT2D eigenvalue weighted by atomic mass is 9.71. The van der Waals surface area contributed by atoms with E-state index in [1.54, 1.807) is 30.3 Å². The number of hydrogen-bond donors (Lipinski definition) is 3. The number of halogens is 1. The Labute approximate surface area is 206 Å². The van der Waals surface area contributed by atoms with Gasteiger partial charge < -0.3 is 14.9 Å². The largest absolute Gasteiger partial charge is 0.478 e. The van der Waals surface area contributed by atoms with Crippen LogP contribution in [0.4, 0.5) is 0 Å². The Bertz CT molecular complexity index is 1390. The molecular weight excluding hydrogens is 466 g/mol. The van der Waals surface area contributed by atoms with Gasteiger partial charge in [-0.2, -0.15) is 5.10 Å². The van der Waals surface area contributed by atoms with E-state index in [1.807, 2.05) is 42.5 Å². The van der Waals surface area contributed by atoms with Crippen LogP contribution in [-0.2, 0) is 17.6 Å². The number of benzene rings is 3. The molecule has 1 fully saturated rings. The summed E-state index contributed by atoms with van der Waals surface area (Å²) in [6, 6.07) is 22.2. The molecule has 176 valence electrons. The molecule has 0 saturated heterocycles. The summed E-state index contributed by atoms with van der Waals surface area (Å²) in [6.07, 6.45) is 0.611. The summed E-state index contributed by atoms with van der Waals surface area (Å²) >= 11 is 6.18. The summed E-state index contributed by atoms with van der Waals surface area (Å²) in [4.78, 5) is 16.5. The van der Waals surface area contributed by atoms with Gasteiger partial charge in [-0.15, -0.1) is 0 Å². The highest BCUT2D eigenvalue weighted by atomic mass is 35.5. The SMILES string of the molecule is O=C(Cc1ccc2c(c1)O[C@@]1(c3ccc(Cl)cc3)[C@H](c3ccccc3)C[C@H](O)[C@@]21O)c1ncn[nH]1. The Morgan fingerprint density at radius 1 is 1.11 bits per heavy atom. The monoisotopic (exact) mass is 487 g/mol. The molecule has 1 aromatic heterocycles. The summed E-state index contributed by atoms with van der Waals surface area (Å²) < 4.78 is 6.70. The number of nitrogens with one attached hydrogen (secondary N) is 1. The Morgan fingerprint density at radius 3 is 2.60 bits per heavy atom. The molecule has 2 aliphatic rings. The molecule has 1 aliphatic carbocycles. The van der Waals surface area contributed by atoms with Crippen LogP contribution < -0.4 is 4.74 Å². The first-order chi connectivity index (χ1) is 16.9. The number of aliphatic hydroxyl groups is 2. The maximum absolute atomic E-state index is 12.6. The molecule has 0 bridgehead atoms. The van der Waals surface area contributed by atoms with Crippen LogP contribution in [-0.4, -0.2) is 37.3 Å². The number of carbonyl (C=O) groups excluding carboxylic acids is 1. The third-order valence-electron chi connectivity index (χ3n) is 7.24. The molecule has 1 aliphatic heterocycles. The molecule has 0 spiro atoms. The van der Waals surface area contributed by atoms with E-state index in [1.165, 1.54) is 6.33 Å². The standard InChI is InChI=1S/C27H22ClN3O4/c28-19-9-7-18(8-10-19)27-21(17-4-2-1-3-5-17)14-24(33)26(27,34)20-11-6-16(13-23(20)35-27)12-22(32)25-29-15-30-31-25/h1-11,13,15,21,24,33-34H,12,14H2,(H,29,30,31)/t21-,24-,26-,27-/m0/s1. The van der Waals surface area contributed by atoms with E-state index in [0.717, 1.165) is 5.56 Å². The van der Waals surface area contributed by atoms with Crippen molar-refractivity contribution < 1.29 is 19.7 Å². The fraction of sp³-hybridized carbons (Fsp3) is 0.222. The van der Waals surface area contributed by atoms with Crippen molar-refractivity contribution in [2.24, 2.45) is 0 Å². The maximum Gasteiger partial charge on any atom is 0.203 e. The van der Waals surface area contributed by atoms with E-state index in [9.17, 15) is 15.0 Å². The Morgan fingerprint density at radius 2 is 1.89 bits per heavy atom. The number of Topliss-reactive ketones (excluding diaryl/α,β-unsaturated/α-hetero) is 1. The number of ketones is 1. The van der Waals surface area contributed by atoms with E-state index in [4.69, 9.17) is 16.3 Å². The molecule has 0 unspecified atom stereocenters. The Hall–Kier alpha value is -3.52. The summed E-state index contributed by atoms with van der Waals surface area (Å²) in [6.45, 7) is 0. The van der Waals surface area contributed by atoms with Crippen molar-refractivity contribution >= 4 is 17.4 Å². The summed E-state index contributed by atoms with van der Waals surface area (Å²) in [7, 11) is 0. The minimum atomic E-state index is -1.70. The van der Waals surface area contributed by atoms with E-state index in [-0.39, 0.29) is 23.9 Å². The van der Waals surface area contributed by atoms with Crippen LogP contribution >= 0.6 is 11.6 Å². The minimum absolute atomic E-state index is 0.0862. The van der Waals surface area contributed by atoms with Crippen molar-refractivity contribution in [1.29, 1.82) is 0 Å². The van der Waals surface area contributed by atoms with Gasteiger partial charge in [0.2, 0.25) is 5.78 Å². The lowest BCUT2D eigenvalue weighted by molar-refractivity contribution is -0.149. The highest BCUT2D eigenvalue weighted by Gasteiger charge is 2.72. The fourth-order valence-electron chi connectivity index (χ4n) is 5.69. The third kappa shape index (κ3) is 3.16. The molecule has 3 aromatic carbocycles. The Balaban J connectivity index is 1.48. The van der Waals surface area contributed by atoms with E-state index >= 15 is 0 Å². The zero-order valence-electron chi connectivity index (χ0n) is 18.6. The number of rotatable bonds is 5. The van der Waals surface area contributed by atoms with Crippen LogP contribution in [0, 0.1) is 0 Å². The first kappa shape index (κ1) is 22.0. The molecule has 0 radical (unpaired) electrons. The highest BCUT2D eigenvalue weighted by molar-refractivity contribution is 6.30. The molecule has 7 nitrogen and oxygen atoms in total. The molecule has 4 atom stereocenters. The lowest BCUT2D eigenvalue weighted by Crippen LogP contribution is -2.51. The number of hydrogen-bond acceptors (Lipinski definition) is 6. The van der Waals surface area contributed by atoms with Crippen LogP contribution in [0.15, 0.2) is 79.1 Å². The normalized spacial score (nSPS) is 26.7. The number of fused-ring (bicyclic) bond motifs is 3. The molecule has 8 heteroatoms. The van der Waals surface area contributed by atoms with Crippen molar-refractivity contribution in [1.82, 2.24) is 15.2 Å². The Kier molecular flexibility index (Phi) is 5.03. The number of nitrogens with zero attached hydrogens (tertiary/aromatic N) is 2. The van der Waals surface area contributed by atoms with Crippen LogP contribution in [0.2, 0.25) is 5.02 Å². The van der Waals surface area contributed by atoms with Gasteiger partial charge in [-0.1, -0.05) is 66.2 Å². The number of aliphatic hydroxyl groups excluding tert-OH is 1. The number of aromatic amines is 1. The average molecular weight is 488 g/mol. The van der Waals surface area contributed by atoms with Crippen molar-refractivity contribution in [3.63, 3.8) is 0 Å². The topological polar surface area (TPSA) is 108 Å². The minimum Gasteiger partial charge on any atom is -0.478 e. The lowest BCUT2D eigenvalue weighted by Gasteiger charge is -2.40. The quantitative estimate of drug-likeness (QED) is 0.368. The number of H-pyrrole nitrogens is 1. The predicted octanol–water partition coefficient (Wildman–Crippen LogP) is 3.91. The fourth-order valence-corrected chi connectivity index (χ4v) is 5.82. The van der Waals surface area contributed by atoms with Crippen LogP contribution in [0.3, 0.4) is 0 Å². The van der Waals surface area contributed by atoms with E-state index in [2.05, 4.69) is 15.2 Å². The van der Waals surface area contributed by atoms with Crippen LogP contribution in [0.25, 0.3) is 0 Å². The summed E-state index contributed by atoms with van der Waals surface area (Å²) in [5.41, 5.74) is -0.130. The van der Waals surface area contributed by atoms with Gasteiger partial charge in [0.25, 0.3) is 0 Å². The van der Waals surface area contributed by atoms with Gasteiger partial charge in [0, 0.05) is 22.9 Å². The summed E-state index contributed by atoms with van der Waals surface area (Å²) in [5.74, 6) is 0.0645. The number of ether oxygens (including phenoxy) is 1. The second-order valence-electron chi connectivity index (χ2n) is 9.09. The van der Waals surface area contributed by atoms with Gasteiger partial charge in [-0.3, -0.25) is 9.89 Å². The highest BCUT2D eigenvalue weighted by Crippen LogP contribution is 2.66. The van der Waals surface area contributed by atoms with Gasteiger partial charge in [0.15, 0.2) is 17.0 Å². The van der Waals surface area contributed by atoms with Gasteiger partial charge in [0.1, 0.15) is 12.1 Å². The van der Waals surface area contributed by atoms with E-state index < -0.39 is 17.3 Å². The summed E-state index contributed by atoms with van der Waals surface area (Å²) in [5, 5.41) is 30.5. The first-order valence-corrected chi connectivity index (χ1v) is 11.7. The zero-order chi connectivity index (χ0) is 24.2. The number of aromatic nitrogens is 3. The first-order valence-electron chi connectivity index (χ1n) is 11.4. The molecule has 0 amide bonds. The van der Waals surface area contributed by atoms with Crippen LogP contribution in [0.1, 0.15) is 45.2 Å². The van der Waals surface area contributed by atoms with Crippen molar-refractivity contribution in [2.45, 2.75) is 36.1 Å². The van der Waals surface area contributed by atoms with Crippen LogP contribution in [0.5, 0.6) is 5.75 Å². The van der Waals surface area contributed by atoms with Crippen molar-refractivity contribution in [3.8, 4) is 5.75 Å². The maximum atomic E-state index is 12.6. The molecular formula is C27H22ClN3O4. The molecule has 2 heterocycles. The number of carbonyl (C=O) groups is 1. The molecule has 4 aromatic rings. The van der Waals surface area contributed by atoms with Gasteiger partial charge in [-0.25, -0.2) is 4.98 Å². The molecule has 6 rings (SSSR count). The van der Waals surface area contributed by atoms with Gasteiger partial charge in [-0.05, 0) is 41.3 Å². The van der Waals surface area contributed by atoms with Gasteiger partial charge in [0.05, 0.1) is 6.10 Å². The molecule has 35 heavy (non-hydrogen) atoms. The predicted molar refractivity (Wildman–Crippen MR) is 128 cm³/mol. The van der Waals surface area contributed by atoms with Gasteiger partial charge >= 0.3 is 0 Å². The van der Waals surface area contributed by atoms with Crippen molar-refractivity contribution in [2.75, 3.05) is 0 Å². The van der Waals surface area contributed by atoms with E-state index in [0.29, 0.717) is 33.9 Å².